The molecule has 2 rings (SSSR count). The quantitative estimate of drug-likeness (QED) is 0.728. The summed E-state index contributed by atoms with van der Waals surface area (Å²) in [6, 6.07) is 5.19. The van der Waals surface area contributed by atoms with Crippen molar-refractivity contribution in [2.24, 2.45) is 0 Å². The molecule has 0 atom stereocenters. The highest BCUT2D eigenvalue weighted by molar-refractivity contribution is 5.41. The first-order valence-electron chi connectivity index (χ1n) is 7.61. The van der Waals surface area contributed by atoms with Gasteiger partial charge in [-0.05, 0) is 43.9 Å². The van der Waals surface area contributed by atoms with Gasteiger partial charge in [0, 0.05) is 31.9 Å². The summed E-state index contributed by atoms with van der Waals surface area (Å²) in [5.41, 5.74) is 2.48. The van der Waals surface area contributed by atoms with E-state index >= 15 is 0 Å². The second-order valence-corrected chi connectivity index (χ2v) is 5.76. The lowest BCUT2D eigenvalue weighted by molar-refractivity contribution is 0.682. The highest BCUT2D eigenvalue weighted by Crippen LogP contribution is 2.20. The summed E-state index contributed by atoms with van der Waals surface area (Å²) in [4.78, 5) is 6.93. The first kappa shape index (κ1) is 14.3. The monoisotopic (exact) mass is 261 g/mol. The van der Waals surface area contributed by atoms with Crippen LogP contribution in [0.15, 0.2) is 12.1 Å². The van der Waals surface area contributed by atoms with E-state index in [1.807, 2.05) is 0 Å². The number of nitrogens with zero attached hydrogens (tertiary/aromatic N) is 2. The molecule has 1 aliphatic carbocycles. The molecular weight excluding hydrogens is 234 g/mol. The van der Waals surface area contributed by atoms with Gasteiger partial charge in [0.05, 0.1) is 0 Å². The van der Waals surface area contributed by atoms with E-state index in [1.54, 1.807) is 0 Å². The van der Waals surface area contributed by atoms with Crippen molar-refractivity contribution < 1.29 is 0 Å². The van der Waals surface area contributed by atoms with E-state index in [4.69, 9.17) is 0 Å². The molecule has 3 heteroatoms. The van der Waals surface area contributed by atoms with Crippen LogP contribution in [0.2, 0.25) is 0 Å². The number of pyridine rings is 1. The maximum atomic E-state index is 4.65. The maximum Gasteiger partial charge on any atom is 0.128 e. The number of hydrogen-bond donors (Lipinski definition) is 1. The molecule has 106 valence electrons. The number of hydrogen-bond acceptors (Lipinski definition) is 3. The van der Waals surface area contributed by atoms with Gasteiger partial charge in [0.1, 0.15) is 5.82 Å². The number of rotatable bonds is 8. The molecule has 1 aromatic rings. The second-order valence-electron chi connectivity index (χ2n) is 5.76. The lowest BCUT2D eigenvalue weighted by Crippen LogP contribution is -2.21. The van der Waals surface area contributed by atoms with Crippen molar-refractivity contribution in [3.63, 3.8) is 0 Å². The van der Waals surface area contributed by atoms with E-state index in [1.165, 1.54) is 37.7 Å². The van der Waals surface area contributed by atoms with Crippen LogP contribution in [-0.2, 0) is 6.54 Å². The SMILES string of the molecule is CCCCCN(C)c1cc(CNC2CC2)cc(C)n1. The standard InChI is InChI=1S/C16H27N3/c1-4-5-6-9-19(3)16-11-14(10-13(2)18-16)12-17-15-7-8-15/h10-11,15,17H,4-9,12H2,1-3H3. The number of anilines is 1. The van der Waals surface area contributed by atoms with Crippen LogP contribution in [-0.4, -0.2) is 24.6 Å². The molecule has 1 aliphatic rings. The minimum Gasteiger partial charge on any atom is -0.360 e. The molecule has 0 unspecified atom stereocenters. The molecule has 0 aromatic carbocycles. The van der Waals surface area contributed by atoms with Gasteiger partial charge in [-0.15, -0.1) is 0 Å². The third-order valence-corrected chi connectivity index (χ3v) is 3.66. The fourth-order valence-electron chi connectivity index (χ4n) is 2.28. The molecule has 0 saturated heterocycles. The molecule has 1 fully saturated rings. The summed E-state index contributed by atoms with van der Waals surface area (Å²) in [5.74, 6) is 1.11. The van der Waals surface area contributed by atoms with Gasteiger partial charge in [0.2, 0.25) is 0 Å². The molecule has 0 aliphatic heterocycles. The van der Waals surface area contributed by atoms with Crippen LogP contribution in [0.25, 0.3) is 0 Å². The van der Waals surface area contributed by atoms with Gasteiger partial charge >= 0.3 is 0 Å². The molecule has 3 nitrogen and oxygen atoms in total. The Morgan fingerprint density at radius 3 is 2.79 bits per heavy atom. The molecule has 0 spiro atoms. The molecule has 0 bridgehead atoms. The zero-order valence-corrected chi connectivity index (χ0v) is 12.6. The molecule has 1 N–H and O–H groups in total. The minimum absolute atomic E-state index is 0.763. The number of aryl methyl sites for hydroxylation is 1. The Morgan fingerprint density at radius 1 is 1.32 bits per heavy atom. The van der Waals surface area contributed by atoms with Crippen molar-refractivity contribution in [3.8, 4) is 0 Å². The number of nitrogens with one attached hydrogen (secondary N) is 1. The zero-order chi connectivity index (χ0) is 13.7. The van der Waals surface area contributed by atoms with E-state index in [0.717, 1.165) is 30.6 Å². The second kappa shape index (κ2) is 6.90. The fourth-order valence-corrected chi connectivity index (χ4v) is 2.28. The van der Waals surface area contributed by atoms with E-state index in [-0.39, 0.29) is 0 Å². The van der Waals surface area contributed by atoms with Crippen molar-refractivity contribution in [1.82, 2.24) is 10.3 Å². The van der Waals surface area contributed by atoms with E-state index in [9.17, 15) is 0 Å². The first-order valence-corrected chi connectivity index (χ1v) is 7.61. The molecule has 1 aromatic heterocycles. The molecule has 19 heavy (non-hydrogen) atoms. The van der Waals surface area contributed by atoms with Crippen LogP contribution in [0.1, 0.15) is 50.3 Å². The smallest absolute Gasteiger partial charge is 0.128 e. The van der Waals surface area contributed by atoms with Crippen LogP contribution in [0, 0.1) is 6.92 Å². The van der Waals surface area contributed by atoms with Crippen LogP contribution >= 0.6 is 0 Å². The summed E-state index contributed by atoms with van der Waals surface area (Å²) in [7, 11) is 2.15. The molecule has 1 saturated carbocycles. The number of aromatic nitrogens is 1. The Kier molecular flexibility index (Phi) is 5.20. The summed E-state index contributed by atoms with van der Waals surface area (Å²) >= 11 is 0. The van der Waals surface area contributed by atoms with E-state index in [0.29, 0.717) is 0 Å². The predicted molar refractivity (Wildman–Crippen MR) is 81.6 cm³/mol. The Morgan fingerprint density at radius 2 is 2.11 bits per heavy atom. The normalized spacial score (nSPS) is 14.7. The third kappa shape index (κ3) is 4.83. The molecule has 0 amide bonds. The molecular formula is C16H27N3. The van der Waals surface area contributed by atoms with Crippen LogP contribution in [0.4, 0.5) is 5.82 Å². The predicted octanol–water partition coefficient (Wildman–Crippen LogP) is 3.27. The van der Waals surface area contributed by atoms with Crippen molar-refractivity contribution in [2.45, 2.75) is 58.5 Å². The van der Waals surface area contributed by atoms with Crippen molar-refractivity contribution in [3.05, 3.63) is 23.4 Å². The van der Waals surface area contributed by atoms with E-state index in [2.05, 4.69) is 48.2 Å². The lowest BCUT2D eigenvalue weighted by Gasteiger charge is -2.19. The average molecular weight is 261 g/mol. The highest BCUT2D eigenvalue weighted by atomic mass is 15.2. The Hall–Kier alpha value is -1.09. The summed E-state index contributed by atoms with van der Waals surface area (Å²) in [6.07, 6.45) is 6.50. The Labute approximate surface area is 117 Å². The maximum absolute atomic E-state index is 4.65. The van der Waals surface area contributed by atoms with Gasteiger partial charge in [0.25, 0.3) is 0 Å². The van der Waals surface area contributed by atoms with Crippen molar-refractivity contribution >= 4 is 5.82 Å². The third-order valence-electron chi connectivity index (χ3n) is 3.66. The molecule has 0 radical (unpaired) electrons. The van der Waals surface area contributed by atoms with Crippen LogP contribution in [0.5, 0.6) is 0 Å². The topological polar surface area (TPSA) is 28.2 Å². The minimum atomic E-state index is 0.763. The van der Waals surface area contributed by atoms with Gasteiger partial charge in [-0.25, -0.2) is 4.98 Å². The van der Waals surface area contributed by atoms with Crippen molar-refractivity contribution in [1.29, 1.82) is 0 Å². The van der Waals surface area contributed by atoms with E-state index < -0.39 is 0 Å². The number of unbranched alkanes of at least 4 members (excludes halogenated alkanes) is 2. The summed E-state index contributed by atoms with van der Waals surface area (Å²) in [5, 5.41) is 3.57. The van der Waals surface area contributed by atoms with Crippen molar-refractivity contribution in [2.75, 3.05) is 18.5 Å². The summed E-state index contributed by atoms with van der Waals surface area (Å²) < 4.78 is 0. The fraction of sp³-hybridized carbons (Fsp3) is 0.688. The van der Waals surface area contributed by atoms with Gasteiger partial charge in [-0.3, -0.25) is 0 Å². The molecule has 1 heterocycles. The van der Waals surface area contributed by atoms with Gasteiger partial charge in [0.15, 0.2) is 0 Å². The first-order chi connectivity index (χ1) is 9.19. The Balaban J connectivity index is 1.93. The lowest BCUT2D eigenvalue weighted by atomic mass is 10.2. The Bertz CT molecular complexity index is 399. The zero-order valence-electron chi connectivity index (χ0n) is 12.6. The summed E-state index contributed by atoms with van der Waals surface area (Å²) in [6.45, 7) is 6.40. The average Bonchev–Trinajstić information content (AvgIpc) is 3.20. The van der Waals surface area contributed by atoms with Crippen LogP contribution < -0.4 is 10.2 Å². The van der Waals surface area contributed by atoms with Gasteiger partial charge in [-0.2, -0.15) is 0 Å². The highest BCUT2D eigenvalue weighted by Gasteiger charge is 2.20. The van der Waals surface area contributed by atoms with Gasteiger partial charge in [-0.1, -0.05) is 19.8 Å². The largest absolute Gasteiger partial charge is 0.360 e. The van der Waals surface area contributed by atoms with Crippen LogP contribution in [0.3, 0.4) is 0 Å². The van der Waals surface area contributed by atoms with Gasteiger partial charge < -0.3 is 10.2 Å².